The predicted molar refractivity (Wildman–Crippen MR) is 67.0 cm³/mol. The fourth-order valence-electron chi connectivity index (χ4n) is 1.88. The summed E-state index contributed by atoms with van der Waals surface area (Å²) in [7, 11) is 0. The summed E-state index contributed by atoms with van der Waals surface area (Å²) < 4.78 is 0. The highest BCUT2D eigenvalue weighted by Crippen LogP contribution is 2.26. The zero-order valence-electron chi connectivity index (χ0n) is 8.70. The van der Waals surface area contributed by atoms with Crippen molar-refractivity contribution >= 4 is 28.2 Å². The highest BCUT2D eigenvalue weighted by atomic mass is 35.5. The highest BCUT2D eigenvalue weighted by molar-refractivity contribution is 6.31. The first kappa shape index (κ1) is 9.87. The van der Waals surface area contributed by atoms with Crippen LogP contribution in [0, 0.1) is 0 Å². The fraction of sp³-hybridized carbons (Fsp3) is 0.250. The second kappa shape index (κ2) is 3.92. The molecule has 16 heavy (non-hydrogen) atoms. The Balaban J connectivity index is 2.06. The van der Waals surface area contributed by atoms with E-state index in [9.17, 15) is 0 Å². The summed E-state index contributed by atoms with van der Waals surface area (Å²) in [5, 5.41) is 8.50. The van der Waals surface area contributed by atoms with Gasteiger partial charge in [0.2, 0.25) is 0 Å². The van der Waals surface area contributed by atoms with Gasteiger partial charge >= 0.3 is 0 Å². The molecule has 0 bridgehead atoms. The van der Waals surface area contributed by atoms with Gasteiger partial charge in [0, 0.05) is 29.7 Å². The molecule has 0 amide bonds. The maximum Gasteiger partial charge on any atom is 0.0934 e. The molecule has 0 atom stereocenters. The Morgan fingerprint density at radius 3 is 3.00 bits per heavy atom. The van der Waals surface area contributed by atoms with Crippen LogP contribution in [0.15, 0.2) is 30.5 Å². The van der Waals surface area contributed by atoms with Gasteiger partial charge in [0.05, 0.1) is 17.2 Å². The van der Waals surface area contributed by atoms with E-state index in [1.807, 2.05) is 24.3 Å². The maximum atomic E-state index is 6.09. The monoisotopic (exact) mass is 233 g/mol. The number of pyridine rings is 1. The van der Waals surface area contributed by atoms with Gasteiger partial charge in [0.1, 0.15) is 0 Å². The minimum absolute atomic E-state index is 0.490. The van der Waals surface area contributed by atoms with Crippen molar-refractivity contribution < 1.29 is 0 Å². The molecule has 0 aliphatic carbocycles. The Labute approximate surface area is 98.8 Å². The molecule has 4 heteroatoms. The molecule has 1 aromatic heterocycles. The Kier molecular flexibility index (Phi) is 2.42. The molecule has 0 saturated carbocycles. The van der Waals surface area contributed by atoms with Crippen LogP contribution in [0.4, 0.5) is 5.69 Å². The number of benzene rings is 1. The van der Waals surface area contributed by atoms with Crippen molar-refractivity contribution in [2.45, 2.75) is 6.04 Å². The van der Waals surface area contributed by atoms with Gasteiger partial charge in [-0.15, -0.1) is 0 Å². The second-order valence-electron chi connectivity index (χ2n) is 4.03. The van der Waals surface area contributed by atoms with Crippen LogP contribution in [0.3, 0.4) is 0 Å². The number of nitrogens with zero attached hydrogens (tertiary/aromatic N) is 1. The summed E-state index contributed by atoms with van der Waals surface area (Å²) in [4.78, 5) is 4.39. The van der Waals surface area contributed by atoms with E-state index in [-0.39, 0.29) is 0 Å². The van der Waals surface area contributed by atoms with E-state index < -0.39 is 0 Å². The quantitative estimate of drug-likeness (QED) is 0.836. The fourth-order valence-corrected chi connectivity index (χ4v) is 2.10. The van der Waals surface area contributed by atoms with Crippen molar-refractivity contribution in [2.75, 3.05) is 18.4 Å². The number of hydrogen-bond acceptors (Lipinski definition) is 3. The first-order chi connectivity index (χ1) is 7.83. The van der Waals surface area contributed by atoms with Gasteiger partial charge in [0.15, 0.2) is 0 Å². The van der Waals surface area contributed by atoms with Gasteiger partial charge < -0.3 is 10.6 Å². The molecule has 1 fully saturated rings. The number of aromatic nitrogens is 1. The number of hydrogen-bond donors (Lipinski definition) is 2. The van der Waals surface area contributed by atoms with Gasteiger partial charge in [-0.2, -0.15) is 0 Å². The molecule has 0 unspecified atom stereocenters. The molecule has 3 rings (SSSR count). The van der Waals surface area contributed by atoms with Gasteiger partial charge in [-0.3, -0.25) is 4.98 Å². The summed E-state index contributed by atoms with van der Waals surface area (Å²) in [6.07, 6.45) is 1.81. The lowest BCUT2D eigenvalue weighted by atomic mass is 10.1. The molecule has 2 N–H and O–H groups in total. The lowest BCUT2D eigenvalue weighted by Gasteiger charge is -2.29. The minimum Gasteiger partial charge on any atom is -0.378 e. The van der Waals surface area contributed by atoms with Crippen LogP contribution in [-0.4, -0.2) is 24.1 Å². The van der Waals surface area contributed by atoms with E-state index in [0.29, 0.717) is 6.04 Å². The Hall–Kier alpha value is -1.32. The molecule has 82 valence electrons. The molecule has 0 radical (unpaired) electrons. The third kappa shape index (κ3) is 1.72. The van der Waals surface area contributed by atoms with E-state index in [0.717, 1.165) is 34.7 Å². The van der Waals surface area contributed by atoms with Crippen LogP contribution in [0.2, 0.25) is 5.02 Å². The van der Waals surface area contributed by atoms with Gasteiger partial charge in [-0.1, -0.05) is 17.7 Å². The van der Waals surface area contributed by atoms with Gasteiger partial charge in [0.25, 0.3) is 0 Å². The SMILES string of the molecule is Clc1cc(NC2CNC2)c2ncccc2c1. The summed E-state index contributed by atoms with van der Waals surface area (Å²) in [5.74, 6) is 0. The van der Waals surface area contributed by atoms with Crippen LogP contribution >= 0.6 is 11.6 Å². The molecular weight excluding hydrogens is 222 g/mol. The smallest absolute Gasteiger partial charge is 0.0934 e. The van der Waals surface area contributed by atoms with Crippen molar-refractivity contribution in [3.63, 3.8) is 0 Å². The van der Waals surface area contributed by atoms with E-state index in [1.165, 1.54) is 0 Å². The average Bonchev–Trinajstić information content (AvgIpc) is 2.23. The molecule has 2 heterocycles. The largest absolute Gasteiger partial charge is 0.378 e. The summed E-state index contributed by atoms with van der Waals surface area (Å²) in [6.45, 7) is 2.00. The maximum absolute atomic E-state index is 6.09. The van der Waals surface area contributed by atoms with E-state index in [4.69, 9.17) is 11.6 Å². The predicted octanol–water partition coefficient (Wildman–Crippen LogP) is 2.27. The van der Waals surface area contributed by atoms with Crippen molar-refractivity contribution in [2.24, 2.45) is 0 Å². The van der Waals surface area contributed by atoms with Gasteiger partial charge in [-0.25, -0.2) is 0 Å². The van der Waals surface area contributed by atoms with Crippen molar-refractivity contribution in [1.29, 1.82) is 0 Å². The lowest BCUT2D eigenvalue weighted by Crippen LogP contribution is -2.51. The Morgan fingerprint density at radius 2 is 2.25 bits per heavy atom. The van der Waals surface area contributed by atoms with Gasteiger partial charge in [-0.05, 0) is 18.2 Å². The van der Waals surface area contributed by atoms with Crippen molar-refractivity contribution in [3.8, 4) is 0 Å². The summed E-state index contributed by atoms with van der Waals surface area (Å²) in [5.41, 5.74) is 2.01. The lowest BCUT2D eigenvalue weighted by molar-refractivity contribution is 0.472. The Bertz CT molecular complexity index is 523. The molecule has 1 aliphatic rings. The van der Waals surface area contributed by atoms with Crippen LogP contribution in [-0.2, 0) is 0 Å². The van der Waals surface area contributed by atoms with Crippen LogP contribution in [0.25, 0.3) is 10.9 Å². The molecule has 1 aliphatic heterocycles. The van der Waals surface area contributed by atoms with Crippen LogP contribution in [0.1, 0.15) is 0 Å². The number of halogens is 1. The van der Waals surface area contributed by atoms with E-state index >= 15 is 0 Å². The topological polar surface area (TPSA) is 37.0 Å². The van der Waals surface area contributed by atoms with E-state index in [2.05, 4.69) is 15.6 Å². The van der Waals surface area contributed by atoms with E-state index in [1.54, 1.807) is 6.20 Å². The summed E-state index contributed by atoms with van der Waals surface area (Å²) in [6, 6.07) is 8.32. The van der Waals surface area contributed by atoms with Crippen LogP contribution in [0.5, 0.6) is 0 Å². The highest BCUT2D eigenvalue weighted by Gasteiger charge is 2.17. The third-order valence-corrected chi connectivity index (χ3v) is 3.03. The number of fused-ring (bicyclic) bond motifs is 1. The van der Waals surface area contributed by atoms with Crippen molar-refractivity contribution in [3.05, 3.63) is 35.5 Å². The molecule has 0 spiro atoms. The minimum atomic E-state index is 0.490. The number of anilines is 1. The first-order valence-electron chi connectivity index (χ1n) is 5.34. The zero-order valence-corrected chi connectivity index (χ0v) is 9.46. The third-order valence-electron chi connectivity index (χ3n) is 2.81. The average molecular weight is 234 g/mol. The molecule has 2 aromatic rings. The van der Waals surface area contributed by atoms with Crippen molar-refractivity contribution in [1.82, 2.24) is 10.3 Å². The Morgan fingerprint density at radius 1 is 1.38 bits per heavy atom. The first-order valence-corrected chi connectivity index (χ1v) is 5.72. The molecule has 3 nitrogen and oxygen atoms in total. The normalized spacial score (nSPS) is 16.1. The number of nitrogens with one attached hydrogen (secondary N) is 2. The second-order valence-corrected chi connectivity index (χ2v) is 4.46. The van der Waals surface area contributed by atoms with Crippen LogP contribution < -0.4 is 10.6 Å². The molecule has 1 aromatic carbocycles. The standard InChI is InChI=1S/C12H12ClN3/c13-9-4-8-2-1-3-15-12(8)11(5-9)16-10-6-14-7-10/h1-5,10,14,16H,6-7H2. The molecular formula is C12H12ClN3. The number of rotatable bonds is 2. The molecule has 1 saturated heterocycles. The summed E-state index contributed by atoms with van der Waals surface area (Å²) >= 11 is 6.09. The zero-order chi connectivity index (χ0) is 11.0.